The molecule has 2 aliphatic rings. The fraction of sp³-hybridized carbons (Fsp3) is 0.688. The monoisotopic (exact) mass is 321 g/mol. The highest BCUT2D eigenvalue weighted by atomic mass is 32.1. The Hall–Kier alpha value is -1.30. The molecule has 6 heteroatoms. The number of hydrogen-bond acceptors (Lipinski definition) is 4. The number of aromatic nitrogens is 2. The first-order chi connectivity index (χ1) is 10.6. The SMILES string of the molecule is O=C(CCS)NC1(c2nc(C3CC3)cc(=O)[nH]2)CCCCC1. The summed E-state index contributed by atoms with van der Waals surface area (Å²) in [4.78, 5) is 31.7. The number of thiol groups is 1. The van der Waals surface area contributed by atoms with Crippen LogP contribution < -0.4 is 10.9 Å². The molecule has 0 saturated heterocycles. The number of rotatable bonds is 5. The van der Waals surface area contributed by atoms with Crippen LogP contribution in [-0.4, -0.2) is 21.6 Å². The summed E-state index contributed by atoms with van der Waals surface area (Å²) in [5.41, 5.74) is 0.259. The van der Waals surface area contributed by atoms with Crippen molar-refractivity contribution >= 4 is 18.5 Å². The highest BCUT2D eigenvalue weighted by Crippen LogP contribution is 2.40. The third-order valence-electron chi connectivity index (χ3n) is 4.64. The van der Waals surface area contributed by atoms with Gasteiger partial charge in [0.05, 0.1) is 11.2 Å². The summed E-state index contributed by atoms with van der Waals surface area (Å²) in [7, 11) is 0. The van der Waals surface area contributed by atoms with Gasteiger partial charge in [0.2, 0.25) is 5.91 Å². The Balaban J connectivity index is 1.94. The summed E-state index contributed by atoms with van der Waals surface area (Å²) < 4.78 is 0. The molecule has 1 heterocycles. The molecule has 2 N–H and O–H groups in total. The molecule has 5 nitrogen and oxygen atoms in total. The number of hydrogen-bond donors (Lipinski definition) is 3. The van der Waals surface area contributed by atoms with Crippen molar-refractivity contribution < 1.29 is 4.79 Å². The molecule has 1 aromatic heterocycles. The van der Waals surface area contributed by atoms with E-state index in [9.17, 15) is 9.59 Å². The van der Waals surface area contributed by atoms with E-state index in [2.05, 4.69) is 22.9 Å². The van der Waals surface area contributed by atoms with Crippen LogP contribution in [0.1, 0.15) is 68.8 Å². The molecule has 2 aliphatic carbocycles. The number of nitrogens with zero attached hydrogens (tertiary/aromatic N) is 1. The van der Waals surface area contributed by atoms with Gasteiger partial charge in [-0.25, -0.2) is 4.98 Å². The van der Waals surface area contributed by atoms with E-state index in [1.165, 1.54) is 0 Å². The van der Waals surface area contributed by atoms with Crippen LogP contribution in [0.25, 0.3) is 0 Å². The van der Waals surface area contributed by atoms with Crippen molar-refractivity contribution in [1.82, 2.24) is 15.3 Å². The maximum atomic E-state index is 12.1. The van der Waals surface area contributed by atoms with E-state index in [0.717, 1.165) is 50.6 Å². The lowest BCUT2D eigenvalue weighted by molar-refractivity contribution is -0.123. The maximum absolute atomic E-state index is 12.1. The molecular formula is C16H23N3O2S. The number of carbonyl (C=O) groups excluding carboxylic acids is 1. The van der Waals surface area contributed by atoms with Gasteiger partial charge in [-0.3, -0.25) is 9.59 Å². The minimum Gasteiger partial charge on any atom is -0.343 e. The molecule has 0 spiro atoms. The van der Waals surface area contributed by atoms with Crippen LogP contribution in [0.15, 0.2) is 10.9 Å². The largest absolute Gasteiger partial charge is 0.343 e. The summed E-state index contributed by atoms with van der Waals surface area (Å²) in [5, 5.41) is 3.14. The minimum absolute atomic E-state index is 0.0172. The van der Waals surface area contributed by atoms with Crippen LogP contribution in [0.3, 0.4) is 0 Å². The van der Waals surface area contributed by atoms with Crippen molar-refractivity contribution in [3.05, 3.63) is 27.9 Å². The van der Waals surface area contributed by atoms with Crippen LogP contribution in [0.5, 0.6) is 0 Å². The summed E-state index contributed by atoms with van der Waals surface area (Å²) >= 11 is 4.13. The first-order valence-electron chi connectivity index (χ1n) is 8.16. The van der Waals surface area contributed by atoms with E-state index in [1.54, 1.807) is 6.07 Å². The Morgan fingerprint density at radius 1 is 1.36 bits per heavy atom. The number of aromatic amines is 1. The molecule has 0 radical (unpaired) electrons. The van der Waals surface area contributed by atoms with Gasteiger partial charge < -0.3 is 10.3 Å². The summed E-state index contributed by atoms with van der Waals surface area (Å²) in [5.74, 6) is 1.58. The normalized spacial score (nSPS) is 20.6. The molecule has 1 amide bonds. The zero-order valence-corrected chi connectivity index (χ0v) is 13.6. The average molecular weight is 321 g/mol. The van der Waals surface area contributed by atoms with E-state index in [4.69, 9.17) is 4.98 Å². The van der Waals surface area contributed by atoms with Gasteiger partial charge in [-0.2, -0.15) is 12.6 Å². The van der Waals surface area contributed by atoms with E-state index in [1.807, 2.05) is 0 Å². The fourth-order valence-corrected chi connectivity index (χ4v) is 3.50. The summed E-state index contributed by atoms with van der Waals surface area (Å²) in [6.07, 6.45) is 7.51. The molecule has 0 aliphatic heterocycles. The highest BCUT2D eigenvalue weighted by molar-refractivity contribution is 7.80. The van der Waals surface area contributed by atoms with Gasteiger partial charge in [0.25, 0.3) is 5.56 Å². The second kappa shape index (κ2) is 6.44. The molecule has 0 unspecified atom stereocenters. The van der Waals surface area contributed by atoms with Gasteiger partial charge in [0, 0.05) is 18.4 Å². The van der Waals surface area contributed by atoms with Crippen LogP contribution in [0.4, 0.5) is 0 Å². The van der Waals surface area contributed by atoms with Crippen molar-refractivity contribution in [1.29, 1.82) is 0 Å². The van der Waals surface area contributed by atoms with Crippen LogP contribution >= 0.6 is 12.6 Å². The van der Waals surface area contributed by atoms with Crippen LogP contribution in [0, 0.1) is 0 Å². The molecular weight excluding hydrogens is 298 g/mol. The predicted octanol–water partition coefficient (Wildman–Crippen LogP) is 2.24. The molecule has 3 rings (SSSR count). The van der Waals surface area contributed by atoms with E-state index >= 15 is 0 Å². The van der Waals surface area contributed by atoms with Gasteiger partial charge in [0.1, 0.15) is 5.82 Å². The predicted molar refractivity (Wildman–Crippen MR) is 88.2 cm³/mol. The highest BCUT2D eigenvalue weighted by Gasteiger charge is 2.38. The maximum Gasteiger partial charge on any atom is 0.251 e. The third kappa shape index (κ3) is 3.37. The first-order valence-corrected chi connectivity index (χ1v) is 8.80. The molecule has 120 valence electrons. The van der Waals surface area contributed by atoms with Crippen LogP contribution in [-0.2, 0) is 10.3 Å². The topological polar surface area (TPSA) is 74.8 Å². The Morgan fingerprint density at radius 3 is 2.73 bits per heavy atom. The molecule has 22 heavy (non-hydrogen) atoms. The number of nitrogens with one attached hydrogen (secondary N) is 2. The van der Waals surface area contributed by atoms with Crippen molar-refractivity contribution in [3.8, 4) is 0 Å². The fourth-order valence-electron chi connectivity index (χ4n) is 3.30. The Bertz CT molecular complexity index is 604. The van der Waals surface area contributed by atoms with E-state index in [-0.39, 0.29) is 11.5 Å². The minimum atomic E-state index is -0.512. The lowest BCUT2D eigenvalue weighted by Gasteiger charge is -2.37. The molecule has 0 atom stereocenters. The van der Waals surface area contributed by atoms with Crippen molar-refractivity contribution in [2.75, 3.05) is 5.75 Å². The Morgan fingerprint density at radius 2 is 2.09 bits per heavy atom. The quantitative estimate of drug-likeness (QED) is 0.728. The zero-order valence-electron chi connectivity index (χ0n) is 12.7. The van der Waals surface area contributed by atoms with E-state index in [0.29, 0.717) is 23.9 Å². The van der Waals surface area contributed by atoms with Gasteiger partial charge in [-0.1, -0.05) is 19.3 Å². The lowest BCUT2D eigenvalue weighted by atomic mass is 9.80. The van der Waals surface area contributed by atoms with E-state index < -0.39 is 5.54 Å². The molecule has 2 fully saturated rings. The average Bonchev–Trinajstić information content (AvgIpc) is 3.32. The van der Waals surface area contributed by atoms with Gasteiger partial charge in [-0.15, -0.1) is 0 Å². The second-order valence-corrected chi connectivity index (χ2v) is 6.90. The first kappa shape index (κ1) is 15.6. The number of amides is 1. The van der Waals surface area contributed by atoms with Crippen molar-refractivity contribution in [2.24, 2.45) is 0 Å². The molecule has 1 aromatic rings. The zero-order chi connectivity index (χ0) is 15.6. The second-order valence-electron chi connectivity index (χ2n) is 6.46. The number of carbonyl (C=O) groups is 1. The van der Waals surface area contributed by atoms with Gasteiger partial charge >= 0.3 is 0 Å². The molecule has 0 aromatic carbocycles. The number of H-pyrrole nitrogens is 1. The molecule has 0 bridgehead atoms. The van der Waals surface area contributed by atoms with Gasteiger partial charge in [0.15, 0.2) is 0 Å². The van der Waals surface area contributed by atoms with Gasteiger partial charge in [-0.05, 0) is 31.4 Å². The summed E-state index contributed by atoms with van der Waals surface area (Å²) in [6.45, 7) is 0. The van der Waals surface area contributed by atoms with Crippen molar-refractivity contribution in [3.63, 3.8) is 0 Å². The Labute approximate surface area is 135 Å². The standard InChI is InChI=1S/C16H23N3O2S/c20-13(6-9-22)19-16(7-2-1-3-8-16)15-17-12(11-4-5-11)10-14(21)18-15/h10-11,22H,1-9H2,(H,19,20)(H,17,18,21). The smallest absolute Gasteiger partial charge is 0.251 e. The van der Waals surface area contributed by atoms with Crippen molar-refractivity contribution in [2.45, 2.75) is 62.8 Å². The summed E-state index contributed by atoms with van der Waals surface area (Å²) in [6, 6.07) is 1.60. The van der Waals surface area contributed by atoms with Crippen LogP contribution in [0.2, 0.25) is 0 Å². The third-order valence-corrected chi connectivity index (χ3v) is 4.86. The lowest BCUT2D eigenvalue weighted by Crippen LogP contribution is -2.49. The Kier molecular flexibility index (Phi) is 4.57. The molecule has 2 saturated carbocycles.